The molecule has 0 radical (unpaired) electrons. The van der Waals surface area contributed by atoms with Crippen LogP contribution in [0.3, 0.4) is 0 Å². The first-order valence-corrected chi connectivity index (χ1v) is 8.85. The molecule has 1 atom stereocenters. The quantitative estimate of drug-likeness (QED) is 0.420. The monoisotopic (exact) mass is 363 g/mol. The molecular weight excluding hydrogens is 338 g/mol. The molecule has 1 saturated heterocycles. The number of likely N-dealkylation sites (tertiary alicyclic amines) is 1. The molecule has 2 rings (SSSR count). The highest BCUT2D eigenvalue weighted by Crippen LogP contribution is 2.27. The normalized spacial score (nSPS) is 16.4. The maximum absolute atomic E-state index is 12.2. The zero-order chi connectivity index (χ0) is 18.9. The van der Waals surface area contributed by atoms with Gasteiger partial charge < -0.3 is 19.1 Å². The number of carbonyl (C=O) groups excluding carboxylic acids is 3. The van der Waals surface area contributed by atoms with Crippen molar-refractivity contribution >= 4 is 18.0 Å². The second kappa shape index (κ2) is 9.79. The lowest BCUT2D eigenvalue weighted by Gasteiger charge is -2.21. The van der Waals surface area contributed by atoms with Crippen LogP contribution in [0.15, 0.2) is 30.3 Å². The van der Waals surface area contributed by atoms with Crippen molar-refractivity contribution in [3.05, 3.63) is 35.9 Å². The Morgan fingerprint density at radius 3 is 2.23 bits per heavy atom. The van der Waals surface area contributed by atoms with Gasteiger partial charge in [-0.3, -0.25) is 9.59 Å². The van der Waals surface area contributed by atoms with Crippen LogP contribution in [0.2, 0.25) is 0 Å². The van der Waals surface area contributed by atoms with Gasteiger partial charge in [-0.25, -0.2) is 4.79 Å². The standard InChI is InChI=1S/C19H25NO6/c1-3-24-17(21)16(18(22)25-4-2)15-10-11-20(12-15)19(23)26-13-14-8-6-5-7-9-14/h5-9,15-16H,3-4,10-13H2,1-2H3. The van der Waals surface area contributed by atoms with Crippen LogP contribution < -0.4 is 0 Å². The molecule has 1 aromatic rings. The molecule has 142 valence electrons. The Morgan fingerprint density at radius 2 is 1.65 bits per heavy atom. The number of amides is 1. The van der Waals surface area contributed by atoms with Crippen LogP contribution >= 0.6 is 0 Å². The van der Waals surface area contributed by atoms with E-state index in [2.05, 4.69) is 0 Å². The molecule has 0 saturated carbocycles. The van der Waals surface area contributed by atoms with Gasteiger partial charge in [-0.2, -0.15) is 0 Å². The minimum atomic E-state index is -1.01. The zero-order valence-electron chi connectivity index (χ0n) is 15.2. The van der Waals surface area contributed by atoms with Gasteiger partial charge in [0.2, 0.25) is 0 Å². The lowest BCUT2D eigenvalue weighted by Crippen LogP contribution is -2.37. The molecule has 1 heterocycles. The van der Waals surface area contributed by atoms with Crippen molar-refractivity contribution in [3.63, 3.8) is 0 Å². The van der Waals surface area contributed by atoms with Crippen molar-refractivity contribution in [2.75, 3.05) is 26.3 Å². The maximum atomic E-state index is 12.2. The van der Waals surface area contributed by atoms with Crippen LogP contribution in [0.5, 0.6) is 0 Å². The third kappa shape index (κ3) is 5.21. The molecule has 1 fully saturated rings. The Labute approximate surface area is 153 Å². The summed E-state index contributed by atoms with van der Waals surface area (Å²) in [6.45, 7) is 4.60. The molecule has 0 aromatic heterocycles. The molecule has 1 aliphatic heterocycles. The Bertz CT molecular complexity index is 600. The van der Waals surface area contributed by atoms with Gasteiger partial charge in [0.1, 0.15) is 6.61 Å². The highest BCUT2D eigenvalue weighted by Gasteiger charge is 2.42. The zero-order valence-corrected chi connectivity index (χ0v) is 15.2. The van der Waals surface area contributed by atoms with Gasteiger partial charge in [-0.1, -0.05) is 30.3 Å². The lowest BCUT2D eigenvalue weighted by molar-refractivity contribution is -0.164. The first-order chi connectivity index (χ1) is 12.6. The van der Waals surface area contributed by atoms with E-state index in [9.17, 15) is 14.4 Å². The Balaban J connectivity index is 1.94. The van der Waals surface area contributed by atoms with Gasteiger partial charge >= 0.3 is 18.0 Å². The Morgan fingerprint density at radius 1 is 1.04 bits per heavy atom. The summed E-state index contributed by atoms with van der Waals surface area (Å²) in [7, 11) is 0. The van der Waals surface area contributed by atoms with Crippen molar-refractivity contribution in [2.45, 2.75) is 26.9 Å². The smallest absolute Gasteiger partial charge is 0.410 e. The number of carbonyl (C=O) groups is 3. The molecule has 0 N–H and O–H groups in total. The van der Waals surface area contributed by atoms with Crippen LogP contribution in [0, 0.1) is 11.8 Å². The molecule has 1 amide bonds. The highest BCUT2D eigenvalue weighted by molar-refractivity contribution is 5.95. The highest BCUT2D eigenvalue weighted by atomic mass is 16.6. The van der Waals surface area contributed by atoms with Crippen LogP contribution in [-0.4, -0.2) is 49.2 Å². The van der Waals surface area contributed by atoms with E-state index in [0.717, 1.165) is 5.56 Å². The molecule has 0 bridgehead atoms. The Hall–Kier alpha value is -2.57. The van der Waals surface area contributed by atoms with E-state index in [0.29, 0.717) is 13.0 Å². The third-order valence-corrected chi connectivity index (χ3v) is 4.24. The van der Waals surface area contributed by atoms with E-state index in [1.165, 1.54) is 4.90 Å². The van der Waals surface area contributed by atoms with Crippen LogP contribution in [0.25, 0.3) is 0 Å². The molecule has 1 aromatic carbocycles. The summed E-state index contributed by atoms with van der Waals surface area (Å²) in [6.07, 6.45) is 0.0609. The summed E-state index contributed by atoms with van der Waals surface area (Å²) in [5.74, 6) is -2.55. The fraction of sp³-hybridized carbons (Fsp3) is 0.526. The number of rotatable bonds is 7. The van der Waals surface area contributed by atoms with E-state index < -0.39 is 23.9 Å². The van der Waals surface area contributed by atoms with Gasteiger partial charge in [0.25, 0.3) is 0 Å². The topological polar surface area (TPSA) is 82.1 Å². The minimum Gasteiger partial charge on any atom is -0.465 e. The summed E-state index contributed by atoms with van der Waals surface area (Å²) in [5.41, 5.74) is 0.896. The fourth-order valence-electron chi connectivity index (χ4n) is 2.98. The predicted molar refractivity (Wildman–Crippen MR) is 93.1 cm³/mol. The van der Waals surface area contributed by atoms with Crippen LogP contribution in [0.1, 0.15) is 25.8 Å². The maximum Gasteiger partial charge on any atom is 0.410 e. The molecule has 0 aliphatic carbocycles. The molecule has 1 unspecified atom stereocenters. The molecular formula is C19H25NO6. The fourth-order valence-corrected chi connectivity index (χ4v) is 2.98. The van der Waals surface area contributed by atoms with E-state index in [-0.39, 0.29) is 32.3 Å². The third-order valence-electron chi connectivity index (χ3n) is 4.24. The van der Waals surface area contributed by atoms with Gasteiger partial charge in [-0.05, 0) is 25.8 Å². The van der Waals surface area contributed by atoms with Gasteiger partial charge in [-0.15, -0.1) is 0 Å². The van der Waals surface area contributed by atoms with E-state index in [4.69, 9.17) is 14.2 Å². The van der Waals surface area contributed by atoms with Gasteiger partial charge in [0, 0.05) is 19.0 Å². The average molecular weight is 363 g/mol. The first kappa shape index (κ1) is 19.8. The number of nitrogens with zero attached hydrogens (tertiary/aromatic N) is 1. The van der Waals surface area contributed by atoms with E-state index >= 15 is 0 Å². The number of benzene rings is 1. The lowest BCUT2D eigenvalue weighted by atomic mass is 9.91. The summed E-state index contributed by atoms with van der Waals surface area (Å²) in [6, 6.07) is 9.38. The van der Waals surface area contributed by atoms with Gasteiger partial charge in [0.05, 0.1) is 13.2 Å². The Kier molecular flexibility index (Phi) is 7.44. The van der Waals surface area contributed by atoms with E-state index in [1.807, 2.05) is 30.3 Å². The molecule has 7 heteroatoms. The first-order valence-electron chi connectivity index (χ1n) is 8.85. The van der Waals surface area contributed by atoms with Gasteiger partial charge in [0.15, 0.2) is 5.92 Å². The number of ether oxygens (including phenoxy) is 3. The molecule has 0 spiro atoms. The number of esters is 2. The summed E-state index contributed by atoms with van der Waals surface area (Å²) < 4.78 is 15.3. The summed E-state index contributed by atoms with van der Waals surface area (Å²) >= 11 is 0. The molecule has 26 heavy (non-hydrogen) atoms. The van der Waals surface area contributed by atoms with Crippen LogP contribution in [-0.2, 0) is 30.4 Å². The summed E-state index contributed by atoms with van der Waals surface area (Å²) in [4.78, 5) is 38.1. The SMILES string of the molecule is CCOC(=O)C(C(=O)OCC)C1CCN(C(=O)OCc2ccccc2)C1. The van der Waals surface area contributed by atoms with Crippen molar-refractivity contribution < 1.29 is 28.6 Å². The van der Waals surface area contributed by atoms with Crippen molar-refractivity contribution in [3.8, 4) is 0 Å². The predicted octanol–water partition coefficient (Wildman–Crippen LogP) is 2.39. The van der Waals surface area contributed by atoms with Crippen LogP contribution in [0.4, 0.5) is 4.79 Å². The van der Waals surface area contributed by atoms with E-state index in [1.54, 1.807) is 13.8 Å². The second-order valence-electron chi connectivity index (χ2n) is 6.02. The van der Waals surface area contributed by atoms with Crippen molar-refractivity contribution in [1.82, 2.24) is 4.90 Å². The summed E-state index contributed by atoms with van der Waals surface area (Å²) in [5, 5.41) is 0. The second-order valence-corrected chi connectivity index (χ2v) is 6.02. The number of hydrogen-bond acceptors (Lipinski definition) is 6. The van der Waals surface area contributed by atoms with Crippen molar-refractivity contribution in [2.24, 2.45) is 11.8 Å². The molecule has 7 nitrogen and oxygen atoms in total. The number of hydrogen-bond donors (Lipinski definition) is 0. The van der Waals surface area contributed by atoms with Crippen molar-refractivity contribution in [1.29, 1.82) is 0 Å². The average Bonchev–Trinajstić information content (AvgIpc) is 3.11. The minimum absolute atomic E-state index is 0.181. The molecule has 1 aliphatic rings. The largest absolute Gasteiger partial charge is 0.465 e.